The van der Waals surface area contributed by atoms with Crippen molar-refractivity contribution in [3.05, 3.63) is 250 Å². The van der Waals surface area contributed by atoms with Crippen molar-refractivity contribution < 1.29 is 44.1 Å². The predicted octanol–water partition coefficient (Wildman–Crippen LogP) is 27.5. The second-order valence-corrected chi connectivity index (χ2v) is 17.3. The van der Waals surface area contributed by atoms with Gasteiger partial charge >= 0.3 is 0 Å². The monoisotopic (exact) mass is 1310 g/mol. The van der Waals surface area contributed by atoms with E-state index in [1.807, 2.05) is 200 Å². The molecule has 7 heterocycles. The van der Waals surface area contributed by atoms with Gasteiger partial charge in [-0.3, -0.25) is 0 Å². The highest BCUT2D eigenvalue weighted by Gasteiger charge is 2.02. The molecule has 7 aromatic carbocycles. The number of furan rings is 7. The number of rotatable bonds is 0. The molecule has 14 rings (SSSR count). The van der Waals surface area contributed by atoms with E-state index in [-0.39, 0.29) is 17.5 Å². The Bertz CT molecular complexity index is 3420. The maximum atomic E-state index is 12.7. The summed E-state index contributed by atoms with van der Waals surface area (Å²) in [5.74, 6) is -0.793. The van der Waals surface area contributed by atoms with Crippen LogP contribution in [0, 0.1) is 17.5 Å². The van der Waals surface area contributed by atoms with Gasteiger partial charge in [0.2, 0.25) is 0 Å². The SMILES string of the molecule is Brc1ccc2occc2c1.Brc1cccc2ccoc12.CC.CC.CC.CC.CC.CC.CC.Clc1ccc2occc2c1.Clc1cccc2ccoc12.Fc1ccc2ccoc2c1.Fc1ccc2occc2c1.Fc1cccc2ccoc12. The van der Waals surface area contributed by atoms with E-state index in [0.717, 1.165) is 79.6 Å². The fraction of sp³-hybridized carbons (Fsp3) is 0.200. The summed E-state index contributed by atoms with van der Waals surface area (Å²) in [7, 11) is 0. The van der Waals surface area contributed by atoms with Crippen molar-refractivity contribution in [3.8, 4) is 0 Å². The summed E-state index contributed by atoms with van der Waals surface area (Å²) in [5.41, 5.74) is 5.16. The maximum absolute atomic E-state index is 12.7. The Morgan fingerprint density at radius 3 is 1.21 bits per heavy atom. The van der Waals surface area contributed by atoms with E-state index in [0.29, 0.717) is 16.2 Å². The molecule has 0 saturated heterocycles. The molecule has 0 radical (unpaired) electrons. The molecule has 0 aliphatic rings. The summed E-state index contributed by atoms with van der Waals surface area (Å²) in [6, 6.07) is 49.8. The van der Waals surface area contributed by atoms with Crippen molar-refractivity contribution in [2.75, 3.05) is 0 Å². The topological polar surface area (TPSA) is 92.0 Å². The third-order valence-electron chi connectivity index (χ3n) is 9.95. The molecule has 84 heavy (non-hydrogen) atoms. The maximum Gasteiger partial charge on any atom is 0.169 e. The Morgan fingerprint density at radius 1 is 0.298 bits per heavy atom. The molecule has 0 spiro atoms. The average molecular weight is 1320 g/mol. The van der Waals surface area contributed by atoms with Gasteiger partial charge in [0, 0.05) is 53.3 Å². The van der Waals surface area contributed by atoms with Crippen LogP contribution in [0.25, 0.3) is 76.8 Å². The normalized spacial score (nSPS) is 9.25. The minimum absolute atomic E-state index is 0.228. The van der Waals surface area contributed by atoms with E-state index in [9.17, 15) is 13.2 Å². The molecule has 0 aliphatic heterocycles. The quantitative estimate of drug-likeness (QED) is 0.149. The van der Waals surface area contributed by atoms with Gasteiger partial charge in [-0.05, 0) is 143 Å². The van der Waals surface area contributed by atoms with E-state index in [4.69, 9.17) is 54.1 Å². The smallest absolute Gasteiger partial charge is 0.169 e. The summed E-state index contributed by atoms with van der Waals surface area (Å²) < 4.78 is 75.2. The minimum Gasteiger partial charge on any atom is -0.464 e. The molecule has 0 unspecified atom stereocenters. The lowest BCUT2D eigenvalue weighted by molar-refractivity contribution is 0.560. The van der Waals surface area contributed by atoms with E-state index in [1.165, 1.54) is 36.6 Å². The van der Waals surface area contributed by atoms with Gasteiger partial charge in [-0.2, -0.15) is 0 Å². The van der Waals surface area contributed by atoms with Gasteiger partial charge in [-0.15, -0.1) is 0 Å². The molecule has 0 N–H and O–H groups in total. The van der Waals surface area contributed by atoms with Crippen molar-refractivity contribution in [1.29, 1.82) is 0 Å². The lowest BCUT2D eigenvalue weighted by Crippen LogP contribution is -1.70. The van der Waals surface area contributed by atoms with Crippen LogP contribution in [0.15, 0.2) is 254 Å². The van der Waals surface area contributed by atoms with Crippen LogP contribution in [0.3, 0.4) is 0 Å². The van der Waals surface area contributed by atoms with Crippen molar-refractivity contribution >= 4 is 132 Å². The highest BCUT2D eigenvalue weighted by molar-refractivity contribution is 9.11. The Labute approximate surface area is 519 Å². The van der Waals surface area contributed by atoms with Gasteiger partial charge in [-0.25, -0.2) is 13.2 Å². The molecule has 14 heteroatoms. The van der Waals surface area contributed by atoms with Crippen LogP contribution in [-0.2, 0) is 0 Å². The first kappa shape index (κ1) is 74.7. The first-order valence-electron chi connectivity index (χ1n) is 27.9. The standard InChI is InChI=1S/2C8H5BrO.2C8H5ClO.3C8H5FO.7C2H6/c9-7-1-2-8-6(5-7)3-4-10-8;9-7-3-1-2-6-4-5-10-8(6)7;9-7-1-2-8-6(5-7)3-4-10-8;9-7-3-1-2-6-4-5-10-8(6)7;9-7-1-2-8-6(5-7)3-4-10-8;9-7-2-1-6-3-4-10-8(6)5-7;9-7-3-1-2-6-4-5-10-8(6)7;7*1-2/h7*1-5H;7*1-2H3. The minimum atomic E-state index is -0.303. The lowest BCUT2D eigenvalue weighted by atomic mass is 10.2. The molecule has 14 aromatic rings. The molecule has 7 nitrogen and oxygen atoms in total. The Kier molecular flexibility index (Phi) is 39.3. The summed E-state index contributed by atoms with van der Waals surface area (Å²) in [6.07, 6.45) is 11.2. The molecular weight excluding hydrogens is 1240 g/mol. The molecule has 0 bridgehead atoms. The molecular formula is C70H77Br2Cl2F3O7. The highest BCUT2D eigenvalue weighted by Crippen LogP contribution is 2.26. The van der Waals surface area contributed by atoms with Crippen LogP contribution < -0.4 is 0 Å². The predicted molar refractivity (Wildman–Crippen MR) is 358 cm³/mol. The van der Waals surface area contributed by atoms with Crippen LogP contribution in [-0.4, -0.2) is 0 Å². The molecule has 0 aliphatic carbocycles. The Balaban J connectivity index is 0.000000473. The zero-order chi connectivity index (χ0) is 62.8. The highest BCUT2D eigenvalue weighted by atomic mass is 79.9. The molecule has 0 atom stereocenters. The molecule has 0 fully saturated rings. The average Bonchev–Trinajstić information content (AvgIpc) is 4.45. The third-order valence-corrected chi connectivity index (χ3v) is 11.6. The zero-order valence-electron chi connectivity index (χ0n) is 50.2. The van der Waals surface area contributed by atoms with Crippen LogP contribution >= 0.6 is 55.1 Å². The van der Waals surface area contributed by atoms with Crippen LogP contribution in [0.5, 0.6) is 0 Å². The van der Waals surface area contributed by atoms with Crippen LogP contribution in [0.2, 0.25) is 10.0 Å². The van der Waals surface area contributed by atoms with Gasteiger partial charge in [-0.1, -0.05) is 172 Å². The zero-order valence-corrected chi connectivity index (χ0v) is 54.9. The number of hydrogen-bond donors (Lipinski definition) is 0. The fourth-order valence-corrected chi connectivity index (χ4v) is 7.87. The van der Waals surface area contributed by atoms with Gasteiger partial charge < -0.3 is 30.9 Å². The second kappa shape index (κ2) is 44.2. The van der Waals surface area contributed by atoms with E-state index in [1.54, 1.807) is 74.0 Å². The second-order valence-electron chi connectivity index (χ2n) is 14.6. The van der Waals surface area contributed by atoms with Crippen molar-refractivity contribution in [3.63, 3.8) is 0 Å². The van der Waals surface area contributed by atoms with Crippen molar-refractivity contribution in [2.45, 2.75) is 96.9 Å². The largest absolute Gasteiger partial charge is 0.464 e. The number of benzene rings is 7. The van der Waals surface area contributed by atoms with E-state index in [2.05, 4.69) is 31.9 Å². The van der Waals surface area contributed by atoms with Crippen LogP contribution in [0.4, 0.5) is 13.2 Å². The summed E-state index contributed by atoms with van der Waals surface area (Å²) >= 11 is 18.3. The Hall–Kier alpha value is -7.35. The third kappa shape index (κ3) is 24.5. The Morgan fingerprint density at radius 2 is 0.679 bits per heavy atom. The molecule has 7 aromatic heterocycles. The van der Waals surface area contributed by atoms with Gasteiger partial charge in [0.1, 0.15) is 39.5 Å². The molecule has 0 amide bonds. The number of para-hydroxylation sites is 3. The molecule has 0 saturated carbocycles. The van der Waals surface area contributed by atoms with Crippen molar-refractivity contribution in [1.82, 2.24) is 0 Å². The van der Waals surface area contributed by atoms with Gasteiger partial charge in [0.05, 0.1) is 53.3 Å². The van der Waals surface area contributed by atoms with Crippen molar-refractivity contribution in [2.24, 2.45) is 0 Å². The first-order valence-corrected chi connectivity index (χ1v) is 30.3. The fourth-order valence-electron chi connectivity index (χ4n) is 6.61. The number of halogens is 7. The first-order chi connectivity index (χ1) is 41.1. The molecule has 448 valence electrons. The number of fused-ring (bicyclic) bond motifs is 7. The van der Waals surface area contributed by atoms with E-state index < -0.39 is 0 Å². The van der Waals surface area contributed by atoms with E-state index >= 15 is 0 Å². The number of hydrogen-bond acceptors (Lipinski definition) is 7. The lowest BCUT2D eigenvalue weighted by Gasteiger charge is -1.88. The summed E-state index contributed by atoms with van der Waals surface area (Å²) in [4.78, 5) is 0. The van der Waals surface area contributed by atoms with Gasteiger partial charge in [0.15, 0.2) is 17.0 Å². The summed E-state index contributed by atoms with van der Waals surface area (Å²) in [5, 5.41) is 8.32. The van der Waals surface area contributed by atoms with Gasteiger partial charge in [0.25, 0.3) is 0 Å². The summed E-state index contributed by atoms with van der Waals surface area (Å²) in [6.45, 7) is 28.0. The van der Waals surface area contributed by atoms with Crippen LogP contribution in [0.1, 0.15) is 96.9 Å².